The van der Waals surface area contributed by atoms with E-state index in [1.807, 2.05) is 6.07 Å². The molecule has 1 heterocycles. The molecule has 3 nitrogen and oxygen atoms in total. The lowest BCUT2D eigenvalue weighted by Gasteiger charge is -2.32. The van der Waals surface area contributed by atoms with E-state index in [9.17, 15) is 4.79 Å². The van der Waals surface area contributed by atoms with Crippen molar-refractivity contribution in [2.24, 2.45) is 11.3 Å². The fourth-order valence-corrected chi connectivity index (χ4v) is 2.59. The molecule has 0 aromatic heterocycles. The normalized spacial score (nSPS) is 20.6. The van der Waals surface area contributed by atoms with Crippen LogP contribution >= 0.6 is 0 Å². The molecule has 0 spiro atoms. The zero-order valence-corrected chi connectivity index (χ0v) is 12.8. The zero-order valence-electron chi connectivity index (χ0n) is 12.8. The predicted molar refractivity (Wildman–Crippen MR) is 82.5 cm³/mol. The van der Waals surface area contributed by atoms with E-state index in [0.29, 0.717) is 0 Å². The van der Waals surface area contributed by atoms with E-state index < -0.39 is 0 Å². The van der Waals surface area contributed by atoms with Crippen molar-refractivity contribution in [2.75, 3.05) is 13.1 Å². The second-order valence-electron chi connectivity index (χ2n) is 6.81. The summed E-state index contributed by atoms with van der Waals surface area (Å²) in [6.45, 7) is 8.33. The number of carbonyl (C=O) groups excluding carboxylic acids is 1. The molecule has 1 aliphatic heterocycles. The van der Waals surface area contributed by atoms with Crippen LogP contribution in [-0.4, -0.2) is 25.0 Å². The third-order valence-electron chi connectivity index (χ3n) is 4.08. The highest BCUT2D eigenvalue weighted by molar-refractivity contribution is 5.79. The largest absolute Gasteiger partial charge is 0.352 e. The van der Waals surface area contributed by atoms with Gasteiger partial charge in [0.15, 0.2) is 0 Å². The molecule has 1 aliphatic rings. The van der Waals surface area contributed by atoms with E-state index in [4.69, 9.17) is 0 Å². The van der Waals surface area contributed by atoms with Gasteiger partial charge in [0.05, 0.1) is 5.92 Å². The lowest BCUT2D eigenvalue weighted by atomic mass is 9.82. The second kappa shape index (κ2) is 6.40. The highest BCUT2D eigenvalue weighted by atomic mass is 16.2. The van der Waals surface area contributed by atoms with Crippen LogP contribution in [-0.2, 0) is 11.2 Å². The molecule has 1 saturated heterocycles. The van der Waals surface area contributed by atoms with Gasteiger partial charge in [0, 0.05) is 12.6 Å². The molecule has 0 saturated carbocycles. The number of benzene rings is 1. The lowest BCUT2D eigenvalue weighted by molar-refractivity contribution is -0.125. The summed E-state index contributed by atoms with van der Waals surface area (Å²) in [4.78, 5) is 12.3. The fraction of sp³-hybridized carbons (Fsp3) is 0.588. The Morgan fingerprint density at radius 3 is 2.60 bits per heavy atom. The summed E-state index contributed by atoms with van der Waals surface area (Å²) in [7, 11) is 0. The van der Waals surface area contributed by atoms with Crippen molar-refractivity contribution in [3.8, 4) is 0 Å². The zero-order chi connectivity index (χ0) is 14.6. The van der Waals surface area contributed by atoms with E-state index in [-0.39, 0.29) is 23.3 Å². The van der Waals surface area contributed by atoms with Crippen LogP contribution in [0.4, 0.5) is 0 Å². The van der Waals surface area contributed by atoms with Crippen molar-refractivity contribution in [1.82, 2.24) is 10.6 Å². The quantitative estimate of drug-likeness (QED) is 0.885. The molecule has 20 heavy (non-hydrogen) atoms. The Balaban J connectivity index is 2.02. The molecule has 2 atom stereocenters. The summed E-state index contributed by atoms with van der Waals surface area (Å²) in [5.74, 6) is 0.335. The van der Waals surface area contributed by atoms with Gasteiger partial charge in [-0.25, -0.2) is 0 Å². The van der Waals surface area contributed by atoms with Gasteiger partial charge < -0.3 is 10.6 Å². The van der Waals surface area contributed by atoms with E-state index in [1.54, 1.807) is 0 Å². The van der Waals surface area contributed by atoms with Crippen LogP contribution in [0.1, 0.15) is 32.8 Å². The lowest BCUT2D eigenvalue weighted by Crippen LogP contribution is -2.47. The topological polar surface area (TPSA) is 41.1 Å². The maximum atomic E-state index is 12.3. The minimum atomic E-state index is 0.0531. The molecule has 1 amide bonds. The number of rotatable bonds is 4. The van der Waals surface area contributed by atoms with E-state index in [0.717, 1.165) is 25.9 Å². The van der Waals surface area contributed by atoms with Crippen LogP contribution in [0.3, 0.4) is 0 Å². The first kappa shape index (κ1) is 15.0. The first-order valence-corrected chi connectivity index (χ1v) is 7.52. The van der Waals surface area contributed by atoms with Crippen molar-refractivity contribution in [3.05, 3.63) is 35.9 Å². The van der Waals surface area contributed by atoms with Crippen molar-refractivity contribution < 1.29 is 4.79 Å². The van der Waals surface area contributed by atoms with Crippen LogP contribution in [0.2, 0.25) is 0 Å². The van der Waals surface area contributed by atoms with Crippen molar-refractivity contribution >= 4 is 5.91 Å². The number of hydrogen-bond donors (Lipinski definition) is 2. The molecule has 1 fully saturated rings. The smallest absolute Gasteiger partial charge is 0.224 e. The summed E-state index contributed by atoms with van der Waals surface area (Å²) in [6.07, 6.45) is 1.84. The second-order valence-corrected chi connectivity index (χ2v) is 6.81. The van der Waals surface area contributed by atoms with Crippen LogP contribution in [0.25, 0.3) is 0 Å². The van der Waals surface area contributed by atoms with E-state index in [1.165, 1.54) is 5.56 Å². The monoisotopic (exact) mass is 274 g/mol. The van der Waals surface area contributed by atoms with Gasteiger partial charge in [-0.05, 0) is 30.4 Å². The Morgan fingerprint density at radius 2 is 2.05 bits per heavy atom. The molecule has 2 rings (SSSR count). The molecule has 0 aliphatic carbocycles. The average molecular weight is 274 g/mol. The molecule has 110 valence electrons. The van der Waals surface area contributed by atoms with Gasteiger partial charge in [-0.1, -0.05) is 51.1 Å². The van der Waals surface area contributed by atoms with Gasteiger partial charge in [-0.3, -0.25) is 4.79 Å². The third kappa shape index (κ3) is 4.07. The fourth-order valence-electron chi connectivity index (χ4n) is 2.59. The number of amides is 1. The van der Waals surface area contributed by atoms with Gasteiger partial charge in [0.1, 0.15) is 0 Å². The summed E-state index contributed by atoms with van der Waals surface area (Å²) >= 11 is 0. The van der Waals surface area contributed by atoms with E-state index >= 15 is 0 Å². The van der Waals surface area contributed by atoms with Gasteiger partial charge in [-0.2, -0.15) is 0 Å². The Kier molecular flexibility index (Phi) is 4.81. The molecule has 1 aromatic rings. The van der Waals surface area contributed by atoms with Crippen LogP contribution in [0, 0.1) is 11.3 Å². The highest BCUT2D eigenvalue weighted by Crippen LogP contribution is 2.23. The van der Waals surface area contributed by atoms with Crippen molar-refractivity contribution in [1.29, 1.82) is 0 Å². The minimum absolute atomic E-state index is 0.0531. The molecule has 0 unspecified atom stereocenters. The van der Waals surface area contributed by atoms with Gasteiger partial charge >= 0.3 is 0 Å². The van der Waals surface area contributed by atoms with Gasteiger partial charge in [0.2, 0.25) is 5.91 Å². The predicted octanol–water partition coefficient (Wildman–Crippen LogP) is 2.37. The molecule has 3 heteroatoms. The Labute approximate surface area is 122 Å². The summed E-state index contributed by atoms with van der Waals surface area (Å²) in [6, 6.07) is 10.6. The Morgan fingerprint density at radius 1 is 1.35 bits per heavy atom. The molecule has 0 bridgehead atoms. The van der Waals surface area contributed by atoms with Gasteiger partial charge in [-0.15, -0.1) is 0 Å². The van der Waals surface area contributed by atoms with Crippen LogP contribution in [0.15, 0.2) is 30.3 Å². The van der Waals surface area contributed by atoms with E-state index in [2.05, 4.69) is 55.7 Å². The van der Waals surface area contributed by atoms with Crippen molar-refractivity contribution in [3.63, 3.8) is 0 Å². The minimum Gasteiger partial charge on any atom is -0.352 e. The summed E-state index contributed by atoms with van der Waals surface area (Å²) in [5.41, 5.74) is 1.33. The molecule has 2 N–H and O–H groups in total. The molecular weight excluding hydrogens is 248 g/mol. The number of nitrogens with one attached hydrogen (secondary N) is 2. The first-order valence-electron chi connectivity index (χ1n) is 7.52. The molecule has 0 radical (unpaired) electrons. The Hall–Kier alpha value is -1.35. The molecular formula is C17H26N2O. The van der Waals surface area contributed by atoms with Gasteiger partial charge in [0.25, 0.3) is 0 Å². The van der Waals surface area contributed by atoms with Crippen LogP contribution in [0.5, 0.6) is 0 Å². The maximum Gasteiger partial charge on any atom is 0.224 e. The summed E-state index contributed by atoms with van der Waals surface area (Å²) < 4.78 is 0. The first-order chi connectivity index (χ1) is 9.47. The SMILES string of the molecule is CC(C)(C)[C@@H](Cc1ccccc1)NC(=O)[C@H]1CCNC1. The number of hydrogen-bond acceptors (Lipinski definition) is 2. The number of carbonyl (C=O) groups is 1. The Bertz CT molecular complexity index is 430. The van der Waals surface area contributed by atoms with Crippen LogP contribution < -0.4 is 10.6 Å². The third-order valence-corrected chi connectivity index (χ3v) is 4.08. The molecule has 1 aromatic carbocycles. The highest BCUT2D eigenvalue weighted by Gasteiger charge is 2.30. The maximum absolute atomic E-state index is 12.3. The average Bonchev–Trinajstić information content (AvgIpc) is 2.92. The summed E-state index contributed by atoms with van der Waals surface area (Å²) in [5, 5.41) is 6.52. The standard InChI is InChI=1S/C17H26N2O/c1-17(2,3)15(11-13-7-5-4-6-8-13)19-16(20)14-9-10-18-12-14/h4-8,14-15,18H,9-12H2,1-3H3,(H,19,20)/t14-,15+/m0/s1. The van der Waals surface area contributed by atoms with Crippen molar-refractivity contribution in [2.45, 2.75) is 39.7 Å².